The summed E-state index contributed by atoms with van der Waals surface area (Å²) in [4.78, 5) is 11.9. The molecule has 0 aliphatic heterocycles. The summed E-state index contributed by atoms with van der Waals surface area (Å²) in [5.41, 5.74) is 7.05. The van der Waals surface area contributed by atoms with Crippen molar-refractivity contribution in [1.82, 2.24) is 5.32 Å². The van der Waals surface area contributed by atoms with Crippen LogP contribution in [0.3, 0.4) is 0 Å². The molecule has 0 aromatic heterocycles. The summed E-state index contributed by atoms with van der Waals surface area (Å²) in [6.45, 7) is -0.305. The van der Waals surface area contributed by atoms with Gasteiger partial charge in [-0.3, -0.25) is 4.79 Å². The fourth-order valence-electron chi connectivity index (χ4n) is 1.91. The lowest BCUT2D eigenvalue weighted by atomic mass is 10.1. The van der Waals surface area contributed by atoms with Crippen LogP contribution in [0.4, 0.5) is 5.69 Å². The second kappa shape index (κ2) is 7.31. The van der Waals surface area contributed by atoms with Crippen LogP contribution >= 0.6 is 0 Å². The van der Waals surface area contributed by atoms with Crippen LogP contribution in [0.25, 0.3) is 0 Å². The Morgan fingerprint density at radius 2 is 1.95 bits per heavy atom. The number of hydrogen-bond donors (Lipinski definition) is 3. The van der Waals surface area contributed by atoms with Crippen molar-refractivity contribution in [1.29, 1.82) is 0 Å². The normalized spacial score (nSPS) is 11.7. The molecule has 1 unspecified atom stereocenters. The molecule has 0 fully saturated rings. The highest BCUT2D eigenvalue weighted by molar-refractivity contribution is 5.78. The maximum Gasteiger partial charge on any atom is 0.258 e. The molecule has 2 rings (SSSR count). The number of carbonyl (C=O) groups excluding carboxylic acids is 1. The topological polar surface area (TPSA) is 84.6 Å². The minimum Gasteiger partial charge on any atom is -0.484 e. The number of nitrogens with two attached hydrogens (primary N) is 1. The van der Waals surface area contributed by atoms with Gasteiger partial charge in [0.15, 0.2) is 6.61 Å². The van der Waals surface area contributed by atoms with Crippen molar-refractivity contribution in [2.75, 3.05) is 18.9 Å². The zero-order valence-electron chi connectivity index (χ0n) is 11.5. The molecule has 2 aromatic carbocycles. The largest absolute Gasteiger partial charge is 0.484 e. The van der Waals surface area contributed by atoms with Crippen molar-refractivity contribution in [2.24, 2.45) is 0 Å². The Labute approximate surface area is 123 Å². The lowest BCUT2D eigenvalue weighted by molar-refractivity contribution is -0.124. The standard InChI is InChI=1S/C16H18N2O3/c17-13-7-4-8-14(9-13)21-11-16(20)18-15(10-19)12-5-2-1-3-6-12/h1-9,15,19H,10-11,17H2,(H,18,20). The summed E-state index contributed by atoms with van der Waals surface area (Å²) in [6.07, 6.45) is 0. The molecule has 21 heavy (non-hydrogen) atoms. The van der Waals surface area contributed by atoms with Crippen LogP contribution in [0, 0.1) is 0 Å². The number of hydrogen-bond acceptors (Lipinski definition) is 4. The van der Waals surface area contributed by atoms with Gasteiger partial charge in [0.1, 0.15) is 5.75 Å². The van der Waals surface area contributed by atoms with Crippen LogP contribution in [-0.2, 0) is 4.79 Å². The number of carbonyl (C=O) groups is 1. The molecule has 0 saturated heterocycles. The highest BCUT2D eigenvalue weighted by Gasteiger charge is 2.13. The first-order valence-electron chi connectivity index (χ1n) is 6.62. The minimum absolute atomic E-state index is 0.132. The van der Waals surface area contributed by atoms with Crippen LogP contribution in [0.15, 0.2) is 54.6 Å². The van der Waals surface area contributed by atoms with E-state index in [4.69, 9.17) is 10.5 Å². The number of nitrogens with one attached hydrogen (secondary N) is 1. The zero-order valence-corrected chi connectivity index (χ0v) is 11.5. The molecule has 4 N–H and O–H groups in total. The van der Waals surface area contributed by atoms with Gasteiger partial charge >= 0.3 is 0 Å². The Bertz CT molecular complexity index is 587. The van der Waals surface area contributed by atoms with Crippen LogP contribution in [0.2, 0.25) is 0 Å². The number of anilines is 1. The molecule has 110 valence electrons. The molecule has 0 spiro atoms. The van der Waals surface area contributed by atoms with Crippen molar-refractivity contribution in [2.45, 2.75) is 6.04 Å². The molecule has 0 aliphatic carbocycles. The Hall–Kier alpha value is -2.53. The molecule has 5 nitrogen and oxygen atoms in total. The molecular formula is C16H18N2O3. The zero-order chi connectivity index (χ0) is 15.1. The first-order valence-corrected chi connectivity index (χ1v) is 6.62. The van der Waals surface area contributed by atoms with E-state index < -0.39 is 6.04 Å². The lowest BCUT2D eigenvalue weighted by Crippen LogP contribution is -2.34. The van der Waals surface area contributed by atoms with Gasteiger partial charge in [-0.15, -0.1) is 0 Å². The number of aliphatic hydroxyl groups is 1. The van der Waals surface area contributed by atoms with E-state index in [1.165, 1.54) is 0 Å². The fourth-order valence-corrected chi connectivity index (χ4v) is 1.91. The van der Waals surface area contributed by atoms with Crippen molar-refractivity contribution >= 4 is 11.6 Å². The number of nitrogen functional groups attached to an aromatic ring is 1. The molecule has 2 aromatic rings. The van der Waals surface area contributed by atoms with Gasteiger partial charge in [0, 0.05) is 11.8 Å². The maximum atomic E-state index is 11.9. The Morgan fingerprint density at radius 3 is 2.62 bits per heavy atom. The van der Waals surface area contributed by atoms with E-state index >= 15 is 0 Å². The smallest absolute Gasteiger partial charge is 0.258 e. The lowest BCUT2D eigenvalue weighted by Gasteiger charge is -2.17. The third kappa shape index (κ3) is 4.50. The summed E-state index contributed by atoms with van der Waals surface area (Å²) in [5.74, 6) is 0.228. The molecule has 0 heterocycles. The first kappa shape index (κ1) is 14.9. The summed E-state index contributed by atoms with van der Waals surface area (Å²) in [6, 6.07) is 15.7. The van der Waals surface area contributed by atoms with Crippen LogP contribution < -0.4 is 15.8 Å². The number of benzene rings is 2. The number of aliphatic hydroxyl groups excluding tert-OH is 1. The fraction of sp³-hybridized carbons (Fsp3) is 0.188. The van der Waals surface area contributed by atoms with Crippen molar-refractivity contribution in [3.8, 4) is 5.75 Å². The quantitative estimate of drug-likeness (QED) is 0.703. The van der Waals surface area contributed by atoms with E-state index in [0.29, 0.717) is 11.4 Å². The van der Waals surface area contributed by atoms with Gasteiger partial charge in [-0.05, 0) is 17.7 Å². The van der Waals surface area contributed by atoms with Crippen molar-refractivity contribution in [3.05, 3.63) is 60.2 Å². The molecule has 0 aliphatic rings. The summed E-state index contributed by atoms with van der Waals surface area (Å²) in [5, 5.41) is 12.1. The van der Waals surface area contributed by atoms with Gasteiger partial charge in [-0.1, -0.05) is 36.4 Å². The van der Waals surface area contributed by atoms with Gasteiger partial charge in [-0.2, -0.15) is 0 Å². The third-order valence-corrected chi connectivity index (χ3v) is 2.95. The molecule has 0 bridgehead atoms. The molecule has 1 atom stereocenters. The minimum atomic E-state index is -0.442. The number of amides is 1. The maximum absolute atomic E-state index is 11.9. The molecule has 0 saturated carbocycles. The van der Waals surface area contributed by atoms with E-state index in [-0.39, 0.29) is 19.1 Å². The Balaban J connectivity index is 1.89. The van der Waals surface area contributed by atoms with Gasteiger partial charge in [0.2, 0.25) is 0 Å². The summed E-state index contributed by atoms with van der Waals surface area (Å²) in [7, 11) is 0. The van der Waals surface area contributed by atoms with E-state index in [1.54, 1.807) is 24.3 Å². The Morgan fingerprint density at radius 1 is 1.19 bits per heavy atom. The summed E-state index contributed by atoms with van der Waals surface area (Å²) < 4.78 is 5.36. The van der Waals surface area contributed by atoms with Crippen LogP contribution in [0.1, 0.15) is 11.6 Å². The average Bonchev–Trinajstić information content (AvgIpc) is 2.51. The van der Waals surface area contributed by atoms with E-state index in [0.717, 1.165) is 5.56 Å². The van der Waals surface area contributed by atoms with E-state index in [9.17, 15) is 9.90 Å². The van der Waals surface area contributed by atoms with Gasteiger partial charge in [-0.25, -0.2) is 0 Å². The molecule has 5 heteroatoms. The van der Waals surface area contributed by atoms with Crippen molar-refractivity contribution in [3.63, 3.8) is 0 Å². The third-order valence-electron chi connectivity index (χ3n) is 2.95. The second-order valence-corrected chi connectivity index (χ2v) is 4.57. The van der Waals surface area contributed by atoms with Crippen LogP contribution in [0.5, 0.6) is 5.75 Å². The van der Waals surface area contributed by atoms with Crippen molar-refractivity contribution < 1.29 is 14.6 Å². The second-order valence-electron chi connectivity index (χ2n) is 4.57. The number of ether oxygens (including phenoxy) is 1. The molecule has 1 amide bonds. The Kier molecular flexibility index (Phi) is 5.17. The summed E-state index contributed by atoms with van der Waals surface area (Å²) >= 11 is 0. The molecular weight excluding hydrogens is 268 g/mol. The SMILES string of the molecule is Nc1cccc(OCC(=O)NC(CO)c2ccccc2)c1. The predicted molar refractivity (Wildman–Crippen MR) is 80.8 cm³/mol. The number of rotatable bonds is 6. The monoisotopic (exact) mass is 286 g/mol. The predicted octanol–water partition coefficient (Wildman–Crippen LogP) is 1.50. The van der Waals surface area contributed by atoms with Gasteiger partial charge in [0.25, 0.3) is 5.91 Å². The van der Waals surface area contributed by atoms with E-state index in [1.807, 2.05) is 30.3 Å². The highest BCUT2D eigenvalue weighted by atomic mass is 16.5. The van der Waals surface area contributed by atoms with Gasteiger partial charge < -0.3 is 20.9 Å². The van der Waals surface area contributed by atoms with Gasteiger partial charge in [0.05, 0.1) is 12.6 Å². The van der Waals surface area contributed by atoms with E-state index in [2.05, 4.69) is 5.32 Å². The molecule has 0 radical (unpaired) electrons. The highest BCUT2D eigenvalue weighted by Crippen LogP contribution is 2.15. The average molecular weight is 286 g/mol. The van der Waals surface area contributed by atoms with Crippen LogP contribution in [-0.4, -0.2) is 24.2 Å². The first-order chi connectivity index (χ1) is 10.2.